The quantitative estimate of drug-likeness (QED) is 0.772. The number of hydrogen-bond donors (Lipinski definition) is 1. The SMILES string of the molecule is NC1(C2(c3ccc(F)c(F)c3F)CC2)CC1. The van der Waals surface area contributed by atoms with E-state index >= 15 is 0 Å². The average molecular weight is 227 g/mol. The van der Waals surface area contributed by atoms with Crippen molar-refractivity contribution in [3.63, 3.8) is 0 Å². The Balaban J connectivity index is 2.11. The summed E-state index contributed by atoms with van der Waals surface area (Å²) >= 11 is 0. The standard InChI is InChI=1S/C12H12F3N/c13-8-2-1-7(9(14)10(8)15)11(3-4-11)12(16)5-6-12/h1-2H,3-6,16H2. The summed E-state index contributed by atoms with van der Waals surface area (Å²) in [5.74, 6) is -3.58. The topological polar surface area (TPSA) is 26.0 Å². The van der Waals surface area contributed by atoms with Gasteiger partial charge in [0, 0.05) is 11.0 Å². The molecule has 0 aliphatic heterocycles. The van der Waals surface area contributed by atoms with Gasteiger partial charge in [-0.15, -0.1) is 0 Å². The van der Waals surface area contributed by atoms with Crippen LogP contribution in [0.4, 0.5) is 13.2 Å². The van der Waals surface area contributed by atoms with Crippen LogP contribution in [0.5, 0.6) is 0 Å². The van der Waals surface area contributed by atoms with E-state index < -0.39 is 28.4 Å². The lowest BCUT2D eigenvalue weighted by atomic mass is 9.86. The molecular weight excluding hydrogens is 215 g/mol. The molecule has 2 aliphatic carbocycles. The van der Waals surface area contributed by atoms with Crippen LogP contribution in [0.1, 0.15) is 31.2 Å². The molecule has 0 spiro atoms. The summed E-state index contributed by atoms with van der Waals surface area (Å²) in [6.45, 7) is 0. The lowest BCUT2D eigenvalue weighted by Crippen LogP contribution is -2.38. The van der Waals surface area contributed by atoms with E-state index in [9.17, 15) is 13.2 Å². The molecule has 2 saturated carbocycles. The van der Waals surface area contributed by atoms with Crippen molar-refractivity contribution >= 4 is 0 Å². The maximum Gasteiger partial charge on any atom is 0.194 e. The van der Waals surface area contributed by atoms with E-state index in [-0.39, 0.29) is 5.56 Å². The molecule has 0 amide bonds. The maximum atomic E-state index is 13.7. The third-order valence-electron chi connectivity index (χ3n) is 4.04. The van der Waals surface area contributed by atoms with Gasteiger partial charge in [-0.2, -0.15) is 0 Å². The third kappa shape index (κ3) is 1.11. The van der Waals surface area contributed by atoms with Gasteiger partial charge in [-0.1, -0.05) is 6.07 Å². The van der Waals surface area contributed by atoms with Crippen LogP contribution in [0.2, 0.25) is 0 Å². The summed E-state index contributed by atoms with van der Waals surface area (Å²) in [6.07, 6.45) is 3.22. The van der Waals surface area contributed by atoms with E-state index in [1.165, 1.54) is 6.07 Å². The highest BCUT2D eigenvalue weighted by Gasteiger charge is 2.65. The van der Waals surface area contributed by atoms with Crippen LogP contribution >= 0.6 is 0 Å². The molecule has 1 aromatic carbocycles. The van der Waals surface area contributed by atoms with Crippen LogP contribution < -0.4 is 5.73 Å². The predicted molar refractivity (Wildman–Crippen MR) is 53.4 cm³/mol. The lowest BCUT2D eigenvalue weighted by molar-refractivity contribution is 0.415. The summed E-state index contributed by atoms with van der Waals surface area (Å²) in [7, 11) is 0. The highest BCUT2D eigenvalue weighted by Crippen LogP contribution is 2.64. The molecule has 1 nitrogen and oxygen atoms in total. The summed E-state index contributed by atoms with van der Waals surface area (Å²) < 4.78 is 39.7. The van der Waals surface area contributed by atoms with Crippen molar-refractivity contribution in [1.82, 2.24) is 0 Å². The number of nitrogens with two attached hydrogens (primary N) is 1. The van der Waals surface area contributed by atoms with Crippen molar-refractivity contribution in [3.05, 3.63) is 35.1 Å². The Bertz CT molecular complexity index is 462. The molecule has 0 radical (unpaired) electrons. The number of rotatable bonds is 2. The van der Waals surface area contributed by atoms with Gasteiger partial charge in [0.05, 0.1) is 0 Å². The first kappa shape index (κ1) is 10.1. The van der Waals surface area contributed by atoms with Crippen LogP contribution in [0.3, 0.4) is 0 Å². The Morgan fingerprint density at radius 1 is 0.938 bits per heavy atom. The molecule has 0 aromatic heterocycles. The van der Waals surface area contributed by atoms with Crippen molar-refractivity contribution in [2.75, 3.05) is 0 Å². The lowest BCUT2D eigenvalue weighted by Gasteiger charge is -2.23. The van der Waals surface area contributed by atoms with Gasteiger partial charge in [0.1, 0.15) is 0 Å². The first-order valence-electron chi connectivity index (χ1n) is 5.43. The van der Waals surface area contributed by atoms with Crippen LogP contribution in [-0.2, 0) is 5.41 Å². The second kappa shape index (κ2) is 2.80. The zero-order valence-corrected chi connectivity index (χ0v) is 8.69. The zero-order valence-electron chi connectivity index (χ0n) is 8.69. The minimum Gasteiger partial charge on any atom is -0.324 e. The number of halogens is 3. The van der Waals surface area contributed by atoms with E-state index in [0.717, 1.165) is 31.7 Å². The Hall–Kier alpha value is -1.03. The minimum absolute atomic E-state index is 0.256. The van der Waals surface area contributed by atoms with E-state index in [1.54, 1.807) is 0 Å². The molecule has 2 N–H and O–H groups in total. The fraction of sp³-hybridized carbons (Fsp3) is 0.500. The second-order valence-corrected chi connectivity index (χ2v) is 4.96. The highest BCUT2D eigenvalue weighted by molar-refractivity contribution is 5.41. The van der Waals surface area contributed by atoms with Gasteiger partial charge in [-0.25, -0.2) is 13.2 Å². The Kier molecular flexibility index (Phi) is 1.78. The Morgan fingerprint density at radius 2 is 1.56 bits per heavy atom. The molecule has 0 atom stereocenters. The molecule has 16 heavy (non-hydrogen) atoms. The summed E-state index contributed by atoms with van der Waals surface area (Å²) in [5.41, 5.74) is 5.52. The number of hydrogen-bond acceptors (Lipinski definition) is 1. The van der Waals surface area contributed by atoms with Gasteiger partial charge in [0.25, 0.3) is 0 Å². The van der Waals surface area contributed by atoms with E-state index in [1.807, 2.05) is 0 Å². The molecule has 2 aliphatic rings. The van der Waals surface area contributed by atoms with Gasteiger partial charge in [-0.3, -0.25) is 0 Å². The first-order valence-corrected chi connectivity index (χ1v) is 5.43. The molecule has 0 bridgehead atoms. The van der Waals surface area contributed by atoms with Crippen LogP contribution in [0, 0.1) is 17.5 Å². The van der Waals surface area contributed by atoms with Gasteiger partial charge in [0.2, 0.25) is 0 Å². The molecule has 1 aromatic rings. The molecule has 0 heterocycles. The highest BCUT2D eigenvalue weighted by atomic mass is 19.2. The average Bonchev–Trinajstić information content (AvgIpc) is 3.11. The maximum absolute atomic E-state index is 13.7. The molecule has 3 rings (SSSR count). The summed E-state index contributed by atoms with van der Waals surface area (Å²) in [5, 5.41) is 0. The van der Waals surface area contributed by atoms with E-state index in [0.29, 0.717) is 0 Å². The van der Waals surface area contributed by atoms with Crippen LogP contribution in [-0.4, -0.2) is 5.54 Å². The zero-order chi connectivity index (χ0) is 11.6. The van der Waals surface area contributed by atoms with Crippen LogP contribution in [0.15, 0.2) is 12.1 Å². The number of benzene rings is 1. The van der Waals surface area contributed by atoms with E-state index in [4.69, 9.17) is 5.73 Å². The smallest absolute Gasteiger partial charge is 0.194 e. The minimum atomic E-state index is -1.38. The third-order valence-corrected chi connectivity index (χ3v) is 4.04. The van der Waals surface area contributed by atoms with Gasteiger partial charge < -0.3 is 5.73 Å². The van der Waals surface area contributed by atoms with Crippen molar-refractivity contribution in [3.8, 4) is 0 Å². The molecule has 2 fully saturated rings. The normalized spacial score (nSPS) is 24.2. The molecule has 4 heteroatoms. The van der Waals surface area contributed by atoms with Crippen molar-refractivity contribution < 1.29 is 13.2 Å². The predicted octanol–water partition coefficient (Wildman–Crippen LogP) is 2.63. The van der Waals surface area contributed by atoms with E-state index in [2.05, 4.69) is 0 Å². The fourth-order valence-electron chi connectivity index (χ4n) is 2.67. The van der Waals surface area contributed by atoms with Gasteiger partial charge in [0.15, 0.2) is 17.5 Å². The van der Waals surface area contributed by atoms with Gasteiger partial charge in [-0.05, 0) is 37.3 Å². The van der Waals surface area contributed by atoms with Crippen LogP contribution in [0.25, 0.3) is 0 Å². The first-order chi connectivity index (χ1) is 7.50. The monoisotopic (exact) mass is 227 g/mol. The molecule has 0 saturated heterocycles. The molecule has 0 unspecified atom stereocenters. The molecular formula is C12H12F3N. The van der Waals surface area contributed by atoms with Crippen molar-refractivity contribution in [2.45, 2.75) is 36.6 Å². The second-order valence-electron chi connectivity index (χ2n) is 4.96. The van der Waals surface area contributed by atoms with Crippen molar-refractivity contribution in [2.24, 2.45) is 5.73 Å². The summed E-state index contributed by atoms with van der Waals surface area (Å²) in [4.78, 5) is 0. The Morgan fingerprint density at radius 3 is 2.06 bits per heavy atom. The van der Waals surface area contributed by atoms with Crippen molar-refractivity contribution in [1.29, 1.82) is 0 Å². The molecule has 86 valence electrons. The summed E-state index contributed by atoms with van der Waals surface area (Å²) in [6, 6.07) is 2.33. The fourth-order valence-corrected chi connectivity index (χ4v) is 2.67. The Labute approximate surface area is 91.4 Å². The van der Waals surface area contributed by atoms with Gasteiger partial charge >= 0.3 is 0 Å². The largest absolute Gasteiger partial charge is 0.324 e.